The van der Waals surface area contributed by atoms with Crippen LogP contribution in [0.2, 0.25) is 0 Å². The van der Waals surface area contributed by atoms with Crippen molar-refractivity contribution in [3.05, 3.63) is 66.7 Å². The van der Waals surface area contributed by atoms with Gasteiger partial charge in [-0.05, 0) is 72.9 Å². The number of carbonyl (C=O) groups excluding carboxylic acids is 3. The normalized spacial score (nSPS) is 33.3. The summed E-state index contributed by atoms with van der Waals surface area (Å²) < 4.78 is 69.6. The van der Waals surface area contributed by atoms with Crippen LogP contribution in [0.25, 0.3) is 22.3 Å². The van der Waals surface area contributed by atoms with E-state index in [9.17, 15) is 32.5 Å². The predicted octanol–water partition coefficient (Wildman–Crippen LogP) is 3.80. The summed E-state index contributed by atoms with van der Waals surface area (Å²) in [6.07, 6.45) is 0.832. The van der Waals surface area contributed by atoms with Gasteiger partial charge in [0.25, 0.3) is 10.1 Å². The van der Waals surface area contributed by atoms with Gasteiger partial charge in [0.1, 0.15) is 40.8 Å². The topological polar surface area (TPSA) is 181 Å². The maximum absolute atomic E-state index is 12.8. The number of esters is 3. The van der Waals surface area contributed by atoms with Gasteiger partial charge in [-0.2, -0.15) is 8.42 Å². The standard InChI is InChI=1S/C38H36O13S/c39-30(48-32-20-12-26-28(14-20)37(41)50-34(26)32)16-46-22-8-4-18(5-9-22)24-2-1-3-25(36(24)52(43,44)45)19-6-10-23(11-7-19)47-17-31(40)49-33-21-13-27-29(15-21)38(42)51-35(27)33/h1-11,20-21,26-29,32-35,37,41H,12-17H2,(H,43,44,45). The van der Waals surface area contributed by atoms with E-state index in [1.807, 2.05) is 0 Å². The minimum absolute atomic E-state index is 0.0768. The average molecular weight is 733 g/mol. The largest absolute Gasteiger partial charge is 0.482 e. The Morgan fingerprint density at radius 1 is 0.712 bits per heavy atom. The Morgan fingerprint density at radius 3 is 1.81 bits per heavy atom. The summed E-state index contributed by atoms with van der Waals surface area (Å²) >= 11 is 0. The van der Waals surface area contributed by atoms with Crippen molar-refractivity contribution in [2.24, 2.45) is 35.5 Å². The highest BCUT2D eigenvalue weighted by molar-refractivity contribution is 7.86. The Labute approximate surface area is 298 Å². The second-order valence-electron chi connectivity index (χ2n) is 14.6. The molecule has 52 heavy (non-hydrogen) atoms. The zero-order valence-corrected chi connectivity index (χ0v) is 28.6. The second-order valence-corrected chi connectivity index (χ2v) is 16.0. The maximum atomic E-state index is 12.8. The Bertz CT molecular complexity index is 2030. The van der Waals surface area contributed by atoms with Crippen LogP contribution in [0.1, 0.15) is 25.7 Å². The lowest BCUT2D eigenvalue weighted by atomic mass is 9.87. The molecule has 3 aromatic rings. The number of fused-ring (bicyclic) bond motifs is 2. The third-order valence-electron chi connectivity index (χ3n) is 11.8. The van der Waals surface area contributed by atoms with Gasteiger partial charge in [0.05, 0.1) is 5.92 Å². The first-order chi connectivity index (χ1) is 25.0. The first kappa shape index (κ1) is 33.3. The van der Waals surface area contributed by atoms with Crippen molar-refractivity contribution in [3.63, 3.8) is 0 Å². The summed E-state index contributed by atoms with van der Waals surface area (Å²) in [7, 11) is -4.71. The average Bonchev–Trinajstić information content (AvgIpc) is 3.96. The lowest BCUT2D eigenvalue weighted by Crippen LogP contribution is -2.37. The molecule has 0 radical (unpaired) electrons. The molecule has 0 aromatic heterocycles. The van der Waals surface area contributed by atoms with Gasteiger partial charge in [0, 0.05) is 28.9 Å². The molecule has 2 saturated heterocycles. The van der Waals surface area contributed by atoms with E-state index in [0.717, 1.165) is 19.3 Å². The first-order valence-corrected chi connectivity index (χ1v) is 19.0. The van der Waals surface area contributed by atoms with E-state index in [1.165, 1.54) is 0 Å². The number of hydrogen-bond donors (Lipinski definition) is 2. The lowest BCUT2D eigenvalue weighted by Gasteiger charge is -2.26. The van der Waals surface area contributed by atoms with Gasteiger partial charge in [-0.1, -0.05) is 42.5 Å². The molecular formula is C38H36O13S. The van der Waals surface area contributed by atoms with Crippen molar-refractivity contribution < 1.29 is 60.9 Å². The number of aliphatic hydroxyl groups excluding tert-OH is 1. The molecule has 14 heteroatoms. The Balaban J connectivity index is 0.833. The van der Waals surface area contributed by atoms with E-state index in [1.54, 1.807) is 66.7 Å². The third kappa shape index (κ3) is 5.72. The van der Waals surface area contributed by atoms with E-state index < -0.39 is 40.6 Å². The van der Waals surface area contributed by atoms with Gasteiger partial charge in [-0.25, -0.2) is 9.59 Å². The number of benzene rings is 3. The van der Waals surface area contributed by atoms with Crippen LogP contribution in [0.4, 0.5) is 0 Å². The molecule has 2 heterocycles. The zero-order valence-electron chi connectivity index (χ0n) is 27.7. The highest BCUT2D eigenvalue weighted by Gasteiger charge is 2.64. The molecule has 6 aliphatic rings. The van der Waals surface area contributed by atoms with Crippen molar-refractivity contribution in [2.45, 2.75) is 61.3 Å². The van der Waals surface area contributed by atoms with Crippen LogP contribution in [-0.4, -0.2) is 79.9 Å². The maximum Gasteiger partial charge on any atom is 0.344 e. The van der Waals surface area contributed by atoms with Crippen molar-refractivity contribution >= 4 is 28.0 Å². The SMILES string of the molecule is O=C(COc1ccc(-c2cccc(-c3ccc(OCC(=O)OC4C5CC6C(O)OC4C6C5)cc3)c2S(=O)(=O)O)cc1)OC1C2CC3C(=O)OC1C3C2. The van der Waals surface area contributed by atoms with Crippen molar-refractivity contribution in [2.75, 3.05) is 13.2 Å². The zero-order chi connectivity index (χ0) is 35.9. The van der Waals surface area contributed by atoms with Gasteiger partial charge in [-0.3, -0.25) is 9.35 Å². The quantitative estimate of drug-likeness (QED) is 0.165. The molecule has 4 saturated carbocycles. The van der Waals surface area contributed by atoms with E-state index in [-0.39, 0.29) is 82.9 Å². The highest BCUT2D eigenvalue weighted by atomic mass is 32.2. The van der Waals surface area contributed by atoms with E-state index in [2.05, 4.69) is 0 Å². The van der Waals surface area contributed by atoms with E-state index >= 15 is 0 Å². The molecule has 4 bridgehead atoms. The summed E-state index contributed by atoms with van der Waals surface area (Å²) in [5, 5.41) is 10.1. The van der Waals surface area contributed by atoms with Crippen LogP contribution in [0.3, 0.4) is 0 Å². The Kier molecular flexibility index (Phi) is 8.06. The summed E-state index contributed by atoms with van der Waals surface area (Å²) in [6.45, 7) is -0.690. The molecule has 6 fully saturated rings. The molecule has 4 aliphatic carbocycles. The predicted molar refractivity (Wildman–Crippen MR) is 178 cm³/mol. The highest BCUT2D eigenvalue weighted by Crippen LogP contribution is 2.57. The minimum atomic E-state index is -4.71. The fraction of sp³-hybridized carbons (Fsp3) is 0.447. The van der Waals surface area contributed by atoms with Gasteiger partial charge in [0.15, 0.2) is 19.5 Å². The second kappa shape index (κ2) is 12.6. The van der Waals surface area contributed by atoms with E-state index in [4.69, 9.17) is 28.4 Å². The molecule has 11 unspecified atom stereocenters. The summed E-state index contributed by atoms with van der Waals surface area (Å²) in [5.41, 5.74) is 1.46. The molecule has 2 aliphatic heterocycles. The molecule has 9 rings (SSSR count). The van der Waals surface area contributed by atoms with Crippen LogP contribution in [-0.2, 0) is 43.4 Å². The molecule has 13 nitrogen and oxygen atoms in total. The van der Waals surface area contributed by atoms with E-state index in [0.29, 0.717) is 29.0 Å². The molecule has 0 amide bonds. The number of carbonyl (C=O) groups is 3. The monoisotopic (exact) mass is 732 g/mol. The summed E-state index contributed by atoms with van der Waals surface area (Å²) in [6, 6.07) is 17.7. The van der Waals surface area contributed by atoms with Gasteiger partial charge >= 0.3 is 17.9 Å². The van der Waals surface area contributed by atoms with Crippen LogP contribution in [0.5, 0.6) is 11.5 Å². The van der Waals surface area contributed by atoms with Crippen molar-refractivity contribution in [3.8, 4) is 33.8 Å². The van der Waals surface area contributed by atoms with Crippen molar-refractivity contribution in [1.82, 2.24) is 0 Å². The number of rotatable bonds is 11. The third-order valence-corrected chi connectivity index (χ3v) is 12.8. The molecule has 3 aromatic carbocycles. The Hall–Kier alpha value is -4.50. The fourth-order valence-corrected chi connectivity index (χ4v) is 10.6. The smallest absolute Gasteiger partial charge is 0.344 e. The summed E-state index contributed by atoms with van der Waals surface area (Å²) in [4.78, 5) is 36.9. The first-order valence-electron chi connectivity index (χ1n) is 17.5. The number of hydrogen-bond acceptors (Lipinski definition) is 12. The molecule has 272 valence electrons. The summed E-state index contributed by atoms with van der Waals surface area (Å²) in [5.74, 6) is 0.0462. The van der Waals surface area contributed by atoms with Crippen LogP contribution >= 0.6 is 0 Å². The lowest BCUT2D eigenvalue weighted by molar-refractivity contribution is -0.167. The Morgan fingerprint density at radius 2 is 1.23 bits per heavy atom. The van der Waals surface area contributed by atoms with Crippen molar-refractivity contribution in [1.29, 1.82) is 0 Å². The van der Waals surface area contributed by atoms with Crippen LogP contribution < -0.4 is 9.47 Å². The van der Waals surface area contributed by atoms with Gasteiger partial charge in [-0.15, -0.1) is 0 Å². The minimum Gasteiger partial charge on any atom is -0.482 e. The van der Waals surface area contributed by atoms with Crippen LogP contribution in [0, 0.1) is 35.5 Å². The number of ether oxygens (including phenoxy) is 6. The molecular weight excluding hydrogens is 696 g/mol. The molecule has 11 atom stereocenters. The number of aliphatic hydroxyl groups is 1. The van der Waals surface area contributed by atoms with Crippen LogP contribution in [0.15, 0.2) is 71.6 Å². The molecule has 2 N–H and O–H groups in total. The molecule has 0 spiro atoms. The van der Waals surface area contributed by atoms with Gasteiger partial charge < -0.3 is 33.5 Å². The fourth-order valence-electron chi connectivity index (χ4n) is 9.69. The van der Waals surface area contributed by atoms with Gasteiger partial charge in [0.2, 0.25) is 0 Å².